The van der Waals surface area contributed by atoms with Crippen molar-refractivity contribution in [3.63, 3.8) is 0 Å². The zero-order valence-electron chi connectivity index (χ0n) is 19.6. The Kier molecular flexibility index (Phi) is 3.84. The van der Waals surface area contributed by atoms with Crippen LogP contribution in [0.25, 0.3) is 66.6 Å². The van der Waals surface area contributed by atoms with Crippen molar-refractivity contribution in [1.29, 1.82) is 0 Å². The van der Waals surface area contributed by atoms with Crippen molar-refractivity contribution in [3.05, 3.63) is 115 Å². The number of aromatic nitrogens is 3. The Morgan fingerprint density at radius 1 is 0.611 bits per heavy atom. The summed E-state index contributed by atoms with van der Waals surface area (Å²) in [6.07, 6.45) is 0. The van der Waals surface area contributed by atoms with Crippen molar-refractivity contribution in [2.45, 2.75) is 6.92 Å². The van der Waals surface area contributed by atoms with Gasteiger partial charge in [0.15, 0.2) is 5.58 Å². The number of hydrogen-bond donors (Lipinski definition) is 0. The van der Waals surface area contributed by atoms with Crippen LogP contribution in [0.2, 0.25) is 0 Å². The highest BCUT2D eigenvalue weighted by Crippen LogP contribution is 2.36. The lowest BCUT2D eigenvalue weighted by Crippen LogP contribution is -1.93. The van der Waals surface area contributed by atoms with E-state index >= 15 is 0 Å². The molecule has 0 aliphatic heterocycles. The molecule has 36 heavy (non-hydrogen) atoms. The highest BCUT2D eigenvalue weighted by molar-refractivity contribution is 6.10. The van der Waals surface area contributed by atoms with Gasteiger partial charge < -0.3 is 8.98 Å². The fourth-order valence-electron chi connectivity index (χ4n) is 5.53. The molecule has 0 amide bonds. The first-order valence-corrected chi connectivity index (χ1v) is 12.1. The number of imidazole rings is 1. The molecule has 0 saturated carbocycles. The maximum atomic E-state index is 5.99. The van der Waals surface area contributed by atoms with Crippen molar-refractivity contribution in [1.82, 2.24) is 14.0 Å². The fourth-order valence-corrected chi connectivity index (χ4v) is 5.53. The zero-order valence-corrected chi connectivity index (χ0v) is 19.6. The van der Waals surface area contributed by atoms with Gasteiger partial charge in [0.2, 0.25) is 0 Å². The molecule has 3 aromatic heterocycles. The van der Waals surface area contributed by atoms with E-state index in [9.17, 15) is 0 Å². The van der Waals surface area contributed by atoms with Gasteiger partial charge in [0.1, 0.15) is 0 Å². The maximum absolute atomic E-state index is 5.99. The van der Waals surface area contributed by atoms with Gasteiger partial charge in [-0.25, -0.2) is 0 Å². The first-order chi connectivity index (χ1) is 17.7. The van der Waals surface area contributed by atoms with Crippen LogP contribution in [-0.4, -0.2) is 14.0 Å². The minimum Gasteiger partial charge on any atom is -0.423 e. The number of aryl methyl sites for hydroxylation is 1. The van der Waals surface area contributed by atoms with Crippen LogP contribution in [0, 0.1) is 6.92 Å². The third-order valence-corrected chi connectivity index (χ3v) is 7.20. The number of para-hydroxylation sites is 3. The minimum atomic E-state index is 0.625. The number of rotatable bonds is 2. The largest absolute Gasteiger partial charge is 0.423 e. The summed E-state index contributed by atoms with van der Waals surface area (Å²) in [5.41, 5.74) is 11.1. The molecule has 0 spiro atoms. The molecular weight excluding hydrogens is 442 g/mol. The second-order valence-corrected chi connectivity index (χ2v) is 9.43. The van der Waals surface area contributed by atoms with Crippen LogP contribution in [-0.2, 0) is 0 Å². The van der Waals surface area contributed by atoms with E-state index in [1.54, 1.807) is 0 Å². The number of hydrogen-bond acceptors (Lipinski definition) is 2. The van der Waals surface area contributed by atoms with Crippen LogP contribution >= 0.6 is 0 Å². The Morgan fingerprint density at radius 3 is 2.22 bits per heavy atom. The van der Waals surface area contributed by atoms with E-state index in [0.29, 0.717) is 5.84 Å². The van der Waals surface area contributed by atoms with Gasteiger partial charge in [0.05, 0.1) is 27.6 Å². The van der Waals surface area contributed by atoms with Gasteiger partial charge in [-0.1, -0.05) is 54.1 Å². The van der Waals surface area contributed by atoms with Crippen LogP contribution in [0.3, 0.4) is 0 Å². The summed E-state index contributed by atoms with van der Waals surface area (Å²) in [6, 6.07) is 38.6. The maximum Gasteiger partial charge on any atom is 0.307 e. The van der Waals surface area contributed by atoms with E-state index in [4.69, 9.17) is 9.40 Å². The zero-order chi connectivity index (χ0) is 23.8. The molecule has 170 valence electrons. The average Bonchev–Trinajstić information content (AvgIpc) is 3.56. The molecule has 0 bridgehead atoms. The smallest absolute Gasteiger partial charge is 0.307 e. The van der Waals surface area contributed by atoms with Gasteiger partial charge >= 0.3 is 5.84 Å². The molecule has 4 heteroatoms. The van der Waals surface area contributed by atoms with Gasteiger partial charge in [0.25, 0.3) is 0 Å². The standard InChI is InChI=1S/C32H21N3O/c1-20-11-15-27-24(17-20)25-18-21(13-16-28(25)34(27)23-7-3-2-4-8-23)22-12-14-26-30(19-22)35-29-9-5-6-10-31(29)36-32(35)33-26/h2-19H,1H3. The lowest BCUT2D eigenvalue weighted by atomic mass is 10.0. The summed E-state index contributed by atoms with van der Waals surface area (Å²) in [6.45, 7) is 2.16. The third-order valence-electron chi connectivity index (χ3n) is 7.20. The molecule has 5 aromatic carbocycles. The molecule has 3 heterocycles. The van der Waals surface area contributed by atoms with E-state index in [0.717, 1.165) is 27.7 Å². The van der Waals surface area contributed by atoms with Crippen molar-refractivity contribution >= 4 is 49.8 Å². The van der Waals surface area contributed by atoms with Crippen LogP contribution in [0.5, 0.6) is 0 Å². The van der Waals surface area contributed by atoms with Crippen molar-refractivity contribution in [2.75, 3.05) is 0 Å². The van der Waals surface area contributed by atoms with Gasteiger partial charge in [-0.2, -0.15) is 4.98 Å². The fraction of sp³-hybridized carbons (Fsp3) is 0.0312. The molecule has 0 aliphatic carbocycles. The van der Waals surface area contributed by atoms with Crippen LogP contribution in [0.15, 0.2) is 114 Å². The number of nitrogens with zero attached hydrogens (tertiary/aromatic N) is 3. The Hall–Kier alpha value is -4.83. The molecule has 0 atom stereocenters. The number of benzene rings is 5. The van der Waals surface area contributed by atoms with E-state index in [1.165, 1.54) is 38.6 Å². The topological polar surface area (TPSA) is 35.4 Å². The van der Waals surface area contributed by atoms with Crippen molar-refractivity contribution < 1.29 is 4.42 Å². The molecule has 4 nitrogen and oxygen atoms in total. The van der Waals surface area contributed by atoms with Gasteiger partial charge in [-0.05, 0) is 78.7 Å². The van der Waals surface area contributed by atoms with E-state index in [-0.39, 0.29) is 0 Å². The lowest BCUT2D eigenvalue weighted by Gasteiger charge is -2.08. The molecule has 0 radical (unpaired) electrons. The highest BCUT2D eigenvalue weighted by atomic mass is 16.4. The first kappa shape index (κ1) is 19.5. The highest BCUT2D eigenvalue weighted by Gasteiger charge is 2.16. The second-order valence-electron chi connectivity index (χ2n) is 9.43. The summed E-state index contributed by atoms with van der Waals surface area (Å²) in [5.74, 6) is 0.625. The molecule has 0 aliphatic rings. The van der Waals surface area contributed by atoms with E-state index < -0.39 is 0 Å². The minimum absolute atomic E-state index is 0.625. The van der Waals surface area contributed by atoms with Crippen molar-refractivity contribution in [3.8, 4) is 16.8 Å². The SMILES string of the molecule is Cc1ccc2c(c1)c1cc(-c3ccc4nc5oc6ccccc6n5c4c3)ccc1n2-c1ccccc1. The summed E-state index contributed by atoms with van der Waals surface area (Å²) >= 11 is 0. The summed E-state index contributed by atoms with van der Waals surface area (Å²) in [5, 5.41) is 2.52. The normalized spacial score (nSPS) is 12.0. The molecule has 0 fully saturated rings. The molecule has 0 N–H and O–H groups in total. The summed E-state index contributed by atoms with van der Waals surface area (Å²) in [7, 11) is 0. The molecule has 0 unspecified atom stereocenters. The summed E-state index contributed by atoms with van der Waals surface area (Å²) < 4.78 is 10.5. The quantitative estimate of drug-likeness (QED) is 0.258. The Balaban J connectivity index is 1.39. The van der Waals surface area contributed by atoms with Gasteiger partial charge in [-0.3, -0.25) is 4.40 Å². The Bertz CT molecular complexity index is 2110. The Labute approximate surface area is 206 Å². The average molecular weight is 464 g/mol. The Morgan fingerprint density at radius 2 is 1.33 bits per heavy atom. The lowest BCUT2D eigenvalue weighted by molar-refractivity contribution is 0.643. The molecular formula is C32H21N3O. The molecule has 8 aromatic rings. The van der Waals surface area contributed by atoms with Gasteiger partial charge in [-0.15, -0.1) is 0 Å². The van der Waals surface area contributed by atoms with Crippen molar-refractivity contribution in [2.24, 2.45) is 0 Å². The predicted molar refractivity (Wildman–Crippen MR) is 147 cm³/mol. The molecule has 8 rings (SSSR count). The van der Waals surface area contributed by atoms with E-state index in [2.05, 4.69) is 107 Å². The van der Waals surface area contributed by atoms with E-state index in [1.807, 2.05) is 18.2 Å². The van der Waals surface area contributed by atoms with Crippen LogP contribution in [0.4, 0.5) is 0 Å². The van der Waals surface area contributed by atoms with Crippen LogP contribution < -0.4 is 0 Å². The third kappa shape index (κ3) is 2.67. The summed E-state index contributed by atoms with van der Waals surface area (Å²) in [4.78, 5) is 4.72. The number of oxazole rings is 1. The number of fused-ring (bicyclic) bond motifs is 8. The van der Waals surface area contributed by atoms with Crippen LogP contribution in [0.1, 0.15) is 5.56 Å². The molecule has 0 saturated heterocycles. The van der Waals surface area contributed by atoms with Gasteiger partial charge in [0, 0.05) is 16.5 Å². The first-order valence-electron chi connectivity index (χ1n) is 12.1. The second kappa shape index (κ2) is 7.09. The monoisotopic (exact) mass is 463 g/mol. The predicted octanol–water partition coefficient (Wildman–Crippen LogP) is 8.31.